The zero-order valence-electron chi connectivity index (χ0n) is 16.8. The number of pyridine rings is 1. The number of rotatable bonds is 5. The van der Waals surface area contributed by atoms with Crippen molar-refractivity contribution in [2.45, 2.75) is 60.8 Å². The molecule has 0 bridgehead atoms. The minimum absolute atomic E-state index is 0.582. The van der Waals surface area contributed by atoms with Gasteiger partial charge in [0, 0.05) is 17.2 Å². The molecule has 0 aliphatic rings. The van der Waals surface area contributed by atoms with Gasteiger partial charge in [-0.15, -0.1) is 0 Å². The van der Waals surface area contributed by atoms with E-state index in [4.69, 9.17) is 0 Å². The van der Waals surface area contributed by atoms with Crippen molar-refractivity contribution in [3.8, 4) is 11.3 Å². The standard InChI is InChI=1S/C23H34N/c1-15(2)11-20-13-23(21-10-9-17(5)12-18(21)6)24(8)14-22(20)19(7)16(3)4/h9-10,12-16,19H,11H2,1-8H3/q+1. The van der Waals surface area contributed by atoms with E-state index < -0.39 is 0 Å². The number of benzene rings is 1. The lowest BCUT2D eigenvalue weighted by Crippen LogP contribution is -2.33. The molecule has 1 aromatic heterocycles. The van der Waals surface area contributed by atoms with Crippen molar-refractivity contribution in [1.82, 2.24) is 0 Å². The lowest BCUT2D eigenvalue weighted by atomic mass is 9.85. The van der Waals surface area contributed by atoms with Crippen molar-refractivity contribution < 1.29 is 4.57 Å². The van der Waals surface area contributed by atoms with Crippen molar-refractivity contribution >= 4 is 0 Å². The third kappa shape index (κ3) is 4.06. The normalized spacial score (nSPS) is 12.9. The van der Waals surface area contributed by atoms with Gasteiger partial charge in [-0.25, -0.2) is 4.57 Å². The van der Waals surface area contributed by atoms with E-state index in [0.29, 0.717) is 17.8 Å². The number of nitrogens with zero attached hydrogens (tertiary/aromatic N) is 1. The van der Waals surface area contributed by atoms with E-state index in [1.54, 1.807) is 0 Å². The second-order valence-electron chi connectivity index (χ2n) is 8.20. The Labute approximate surface area is 148 Å². The summed E-state index contributed by atoms with van der Waals surface area (Å²) in [6, 6.07) is 9.20. The molecule has 24 heavy (non-hydrogen) atoms. The first kappa shape index (κ1) is 18.7. The fraction of sp³-hybridized carbons (Fsp3) is 0.522. The molecule has 1 unspecified atom stereocenters. The zero-order valence-corrected chi connectivity index (χ0v) is 16.8. The molecule has 1 heterocycles. The molecule has 0 N–H and O–H groups in total. The van der Waals surface area contributed by atoms with Crippen LogP contribution in [0.2, 0.25) is 0 Å². The van der Waals surface area contributed by atoms with E-state index in [1.807, 2.05) is 0 Å². The lowest BCUT2D eigenvalue weighted by Gasteiger charge is -2.20. The second-order valence-corrected chi connectivity index (χ2v) is 8.20. The van der Waals surface area contributed by atoms with E-state index in [0.717, 1.165) is 6.42 Å². The first-order valence-electron chi connectivity index (χ1n) is 9.30. The second kappa shape index (κ2) is 7.51. The molecule has 1 nitrogen and oxygen atoms in total. The largest absolute Gasteiger partial charge is 0.212 e. The summed E-state index contributed by atoms with van der Waals surface area (Å²) >= 11 is 0. The van der Waals surface area contributed by atoms with Gasteiger partial charge in [0.15, 0.2) is 6.20 Å². The van der Waals surface area contributed by atoms with Crippen LogP contribution in [0.5, 0.6) is 0 Å². The maximum atomic E-state index is 2.44. The first-order valence-corrected chi connectivity index (χ1v) is 9.30. The van der Waals surface area contributed by atoms with Crippen LogP contribution in [0, 0.1) is 25.7 Å². The van der Waals surface area contributed by atoms with Gasteiger partial charge in [0.25, 0.3) is 0 Å². The predicted molar refractivity (Wildman–Crippen MR) is 104 cm³/mol. The third-order valence-corrected chi connectivity index (χ3v) is 5.17. The summed E-state index contributed by atoms with van der Waals surface area (Å²) in [7, 11) is 2.18. The van der Waals surface area contributed by atoms with Gasteiger partial charge in [0.1, 0.15) is 7.05 Å². The average molecular weight is 325 g/mol. The van der Waals surface area contributed by atoms with Crippen molar-refractivity contribution in [2.75, 3.05) is 0 Å². The summed E-state index contributed by atoms with van der Waals surface area (Å²) in [5, 5.41) is 0. The molecule has 0 radical (unpaired) electrons. The minimum atomic E-state index is 0.582. The van der Waals surface area contributed by atoms with Crippen LogP contribution in [-0.2, 0) is 13.5 Å². The number of aryl methyl sites for hydroxylation is 3. The topological polar surface area (TPSA) is 3.88 Å². The molecule has 2 rings (SSSR count). The molecule has 0 saturated carbocycles. The predicted octanol–water partition coefficient (Wildman–Crippen LogP) is 5.75. The fourth-order valence-electron chi connectivity index (χ4n) is 3.47. The van der Waals surface area contributed by atoms with Crippen molar-refractivity contribution in [3.63, 3.8) is 0 Å². The molecular weight excluding hydrogens is 290 g/mol. The Balaban J connectivity index is 2.62. The van der Waals surface area contributed by atoms with Crippen LogP contribution in [-0.4, -0.2) is 0 Å². The van der Waals surface area contributed by atoms with Crippen molar-refractivity contribution in [1.29, 1.82) is 0 Å². The summed E-state index contributed by atoms with van der Waals surface area (Å²) in [4.78, 5) is 0. The van der Waals surface area contributed by atoms with Crippen LogP contribution in [0.25, 0.3) is 11.3 Å². The Hall–Kier alpha value is -1.63. The Morgan fingerprint density at radius 1 is 0.958 bits per heavy atom. The Bertz CT molecular complexity index is 710. The SMILES string of the molecule is Cc1ccc(-c2cc(CC(C)C)c(C(C)C(C)C)c[n+]2C)c(C)c1. The number of hydrogen-bond acceptors (Lipinski definition) is 0. The maximum Gasteiger partial charge on any atom is 0.212 e. The van der Waals surface area contributed by atoms with Gasteiger partial charge in [-0.1, -0.05) is 52.3 Å². The molecule has 1 aromatic carbocycles. The first-order chi connectivity index (χ1) is 11.2. The van der Waals surface area contributed by atoms with E-state index in [1.165, 1.54) is 33.5 Å². The average Bonchev–Trinajstić information content (AvgIpc) is 2.48. The molecule has 1 heteroatoms. The molecular formula is C23H34N+. The van der Waals surface area contributed by atoms with E-state index in [-0.39, 0.29) is 0 Å². The Kier molecular flexibility index (Phi) is 5.85. The highest BCUT2D eigenvalue weighted by molar-refractivity contribution is 5.62. The van der Waals surface area contributed by atoms with Gasteiger partial charge in [0.05, 0.1) is 0 Å². The minimum Gasteiger partial charge on any atom is -0.201 e. The van der Waals surface area contributed by atoms with Gasteiger partial charge in [-0.3, -0.25) is 0 Å². The van der Waals surface area contributed by atoms with Gasteiger partial charge < -0.3 is 0 Å². The Morgan fingerprint density at radius 2 is 1.62 bits per heavy atom. The summed E-state index contributed by atoms with van der Waals surface area (Å²) < 4.78 is 2.32. The van der Waals surface area contributed by atoms with Crippen LogP contribution in [0.15, 0.2) is 30.5 Å². The van der Waals surface area contributed by atoms with Crippen LogP contribution in [0.1, 0.15) is 62.8 Å². The molecule has 0 spiro atoms. The van der Waals surface area contributed by atoms with E-state index in [9.17, 15) is 0 Å². The number of aromatic nitrogens is 1. The lowest BCUT2D eigenvalue weighted by molar-refractivity contribution is -0.661. The quantitative estimate of drug-likeness (QED) is 0.616. The van der Waals surface area contributed by atoms with Gasteiger partial charge >= 0.3 is 0 Å². The summed E-state index contributed by atoms with van der Waals surface area (Å²) in [5.41, 5.74) is 8.37. The van der Waals surface area contributed by atoms with Crippen molar-refractivity contribution in [2.24, 2.45) is 18.9 Å². The molecule has 1 atom stereocenters. The highest BCUT2D eigenvalue weighted by atomic mass is 14.9. The highest BCUT2D eigenvalue weighted by Crippen LogP contribution is 2.30. The molecule has 0 fully saturated rings. The smallest absolute Gasteiger partial charge is 0.201 e. The molecule has 0 amide bonds. The monoisotopic (exact) mass is 324 g/mol. The fourth-order valence-corrected chi connectivity index (χ4v) is 3.47. The zero-order chi connectivity index (χ0) is 18.0. The molecule has 0 aliphatic heterocycles. The van der Waals surface area contributed by atoms with Crippen LogP contribution < -0.4 is 4.57 Å². The summed E-state index contributed by atoms with van der Waals surface area (Å²) in [5.74, 6) is 1.91. The Morgan fingerprint density at radius 3 is 2.17 bits per heavy atom. The van der Waals surface area contributed by atoms with Gasteiger partial charge in [0.2, 0.25) is 5.69 Å². The van der Waals surface area contributed by atoms with Gasteiger partial charge in [-0.05, 0) is 55.2 Å². The molecule has 130 valence electrons. The molecule has 0 aliphatic carbocycles. The van der Waals surface area contributed by atoms with Crippen LogP contribution in [0.3, 0.4) is 0 Å². The maximum absolute atomic E-state index is 2.44. The number of hydrogen-bond donors (Lipinski definition) is 0. The van der Waals surface area contributed by atoms with Gasteiger partial charge in [-0.2, -0.15) is 0 Å². The molecule has 0 saturated heterocycles. The third-order valence-electron chi connectivity index (χ3n) is 5.17. The molecule has 2 aromatic rings. The van der Waals surface area contributed by atoms with E-state index >= 15 is 0 Å². The van der Waals surface area contributed by atoms with Crippen LogP contribution in [0.4, 0.5) is 0 Å². The highest BCUT2D eigenvalue weighted by Gasteiger charge is 2.22. The van der Waals surface area contributed by atoms with Crippen molar-refractivity contribution in [3.05, 3.63) is 52.7 Å². The summed E-state index contributed by atoms with van der Waals surface area (Å²) in [6.45, 7) is 16.0. The van der Waals surface area contributed by atoms with E-state index in [2.05, 4.69) is 90.5 Å². The summed E-state index contributed by atoms with van der Waals surface area (Å²) in [6.07, 6.45) is 3.52. The van der Waals surface area contributed by atoms with Crippen LogP contribution >= 0.6 is 0 Å².